The second-order valence-electron chi connectivity index (χ2n) is 6.02. The maximum atomic E-state index is 12.6. The van der Waals surface area contributed by atoms with E-state index >= 15 is 0 Å². The quantitative estimate of drug-likeness (QED) is 0.344. The molecule has 0 bridgehead atoms. The van der Waals surface area contributed by atoms with Crippen LogP contribution in [-0.2, 0) is 6.54 Å². The first-order valence-corrected chi connectivity index (χ1v) is 9.98. The smallest absolute Gasteiger partial charge is 0.256 e. The van der Waals surface area contributed by atoms with Gasteiger partial charge in [-0.1, -0.05) is 12.1 Å². The lowest BCUT2D eigenvalue weighted by molar-refractivity contribution is 0.100. The molecular formula is C19H18BrN3O4S. The summed E-state index contributed by atoms with van der Waals surface area (Å²) in [6.07, 6.45) is 0. The van der Waals surface area contributed by atoms with Crippen molar-refractivity contribution in [2.45, 2.75) is 6.54 Å². The molecule has 0 aliphatic carbocycles. The first kappa shape index (κ1) is 20.3. The maximum absolute atomic E-state index is 12.6. The third-order valence-corrected chi connectivity index (χ3v) is 5.77. The molecule has 0 unspecified atom stereocenters. The number of nitrogens with one attached hydrogen (secondary N) is 2. The fraction of sp³-hybridized carbons (Fsp3) is 0.158. The number of phenolic OH excluding ortho intramolecular Hbond substituents is 1. The Labute approximate surface area is 173 Å². The Balaban J connectivity index is 1.84. The van der Waals surface area contributed by atoms with E-state index in [9.17, 15) is 14.7 Å². The first-order chi connectivity index (χ1) is 13.4. The fourth-order valence-electron chi connectivity index (χ4n) is 2.70. The van der Waals surface area contributed by atoms with E-state index in [4.69, 9.17) is 10.8 Å². The summed E-state index contributed by atoms with van der Waals surface area (Å²) < 4.78 is 1.07. The van der Waals surface area contributed by atoms with Gasteiger partial charge in [0.05, 0.1) is 16.6 Å². The molecule has 0 radical (unpaired) electrons. The van der Waals surface area contributed by atoms with Gasteiger partial charge in [0, 0.05) is 28.7 Å². The van der Waals surface area contributed by atoms with E-state index in [2.05, 4.69) is 26.6 Å². The molecule has 7 nitrogen and oxygen atoms in total. The predicted octanol–water partition coefficient (Wildman–Crippen LogP) is 2.80. The normalized spacial score (nSPS) is 10.9. The van der Waals surface area contributed by atoms with Crippen LogP contribution in [0.2, 0.25) is 0 Å². The summed E-state index contributed by atoms with van der Waals surface area (Å²) in [6.45, 7) is 1.14. The Hall–Kier alpha value is -2.46. The SMILES string of the molecule is NC(=O)c1c(NC(=O)c2ccc(CNCCO)cc2)sc2cc(O)c(Br)cc12. The number of carbonyl (C=O) groups is 2. The number of anilines is 1. The number of primary amides is 1. The van der Waals surface area contributed by atoms with Crippen molar-refractivity contribution < 1.29 is 19.8 Å². The lowest BCUT2D eigenvalue weighted by Crippen LogP contribution is -2.18. The first-order valence-electron chi connectivity index (χ1n) is 8.37. The number of phenols is 1. The van der Waals surface area contributed by atoms with Crippen LogP contribution in [0.3, 0.4) is 0 Å². The summed E-state index contributed by atoms with van der Waals surface area (Å²) in [5, 5.41) is 25.3. The molecule has 2 amide bonds. The number of nitrogens with two attached hydrogens (primary N) is 1. The zero-order chi connectivity index (χ0) is 20.3. The largest absolute Gasteiger partial charge is 0.507 e. The molecule has 3 aromatic rings. The second kappa shape index (κ2) is 8.70. The lowest BCUT2D eigenvalue weighted by atomic mass is 10.1. The molecule has 146 valence electrons. The standard InChI is InChI=1S/C19H18BrN3O4S/c20-13-7-12-15(8-14(13)25)28-19(16(12)17(21)26)23-18(27)11-3-1-10(2-4-11)9-22-5-6-24/h1-4,7-8,22,24-25H,5-6,9H2,(H2,21,26)(H,23,27). The molecule has 1 aromatic heterocycles. The van der Waals surface area contributed by atoms with Gasteiger partial charge in [0.2, 0.25) is 0 Å². The van der Waals surface area contributed by atoms with E-state index in [-0.39, 0.29) is 23.8 Å². The van der Waals surface area contributed by atoms with E-state index < -0.39 is 5.91 Å². The molecule has 1 heterocycles. The number of aromatic hydroxyl groups is 1. The molecule has 2 aromatic carbocycles. The van der Waals surface area contributed by atoms with Gasteiger partial charge in [0.25, 0.3) is 11.8 Å². The Bertz CT molecular complexity index is 1030. The van der Waals surface area contributed by atoms with Gasteiger partial charge in [-0.25, -0.2) is 0 Å². The van der Waals surface area contributed by atoms with Crippen molar-refractivity contribution in [3.05, 3.63) is 57.6 Å². The molecule has 0 saturated heterocycles. The van der Waals surface area contributed by atoms with Gasteiger partial charge in [-0.3, -0.25) is 9.59 Å². The highest BCUT2D eigenvalue weighted by molar-refractivity contribution is 9.10. The zero-order valence-electron chi connectivity index (χ0n) is 14.7. The van der Waals surface area contributed by atoms with Crippen LogP contribution >= 0.6 is 27.3 Å². The number of hydrogen-bond donors (Lipinski definition) is 5. The van der Waals surface area contributed by atoms with E-state index in [1.165, 1.54) is 17.4 Å². The number of thiophene rings is 1. The number of amides is 2. The van der Waals surface area contributed by atoms with Crippen LogP contribution in [0.5, 0.6) is 5.75 Å². The topological polar surface area (TPSA) is 125 Å². The van der Waals surface area contributed by atoms with Crippen LogP contribution < -0.4 is 16.4 Å². The van der Waals surface area contributed by atoms with Crippen LogP contribution in [0, 0.1) is 0 Å². The van der Waals surface area contributed by atoms with Crippen LogP contribution in [-0.4, -0.2) is 35.2 Å². The number of aliphatic hydroxyl groups excluding tert-OH is 1. The van der Waals surface area contributed by atoms with Crippen molar-refractivity contribution >= 4 is 54.2 Å². The van der Waals surface area contributed by atoms with E-state index in [1.807, 2.05) is 12.1 Å². The molecule has 9 heteroatoms. The summed E-state index contributed by atoms with van der Waals surface area (Å²) in [5.74, 6) is -0.996. The van der Waals surface area contributed by atoms with Gasteiger partial charge >= 0.3 is 0 Å². The van der Waals surface area contributed by atoms with E-state index in [1.54, 1.807) is 18.2 Å². The van der Waals surface area contributed by atoms with Gasteiger partial charge in [0.15, 0.2) is 0 Å². The number of rotatable bonds is 7. The number of halogens is 1. The number of aliphatic hydroxyl groups is 1. The summed E-state index contributed by atoms with van der Waals surface area (Å²) in [4.78, 5) is 24.6. The number of hydrogen-bond acceptors (Lipinski definition) is 6. The van der Waals surface area contributed by atoms with Crippen molar-refractivity contribution in [1.29, 1.82) is 0 Å². The minimum atomic E-state index is -0.663. The van der Waals surface area contributed by atoms with Gasteiger partial charge in [-0.05, 0) is 45.8 Å². The predicted molar refractivity (Wildman–Crippen MR) is 113 cm³/mol. The average Bonchev–Trinajstić information content (AvgIpc) is 2.99. The van der Waals surface area contributed by atoms with Crippen LogP contribution in [0.4, 0.5) is 5.00 Å². The fourth-order valence-corrected chi connectivity index (χ4v) is 4.16. The Morgan fingerprint density at radius 2 is 1.89 bits per heavy atom. The Morgan fingerprint density at radius 1 is 1.18 bits per heavy atom. The molecule has 0 atom stereocenters. The number of carbonyl (C=O) groups excluding carboxylic acids is 2. The van der Waals surface area contributed by atoms with Gasteiger partial charge in [0.1, 0.15) is 10.8 Å². The third-order valence-electron chi connectivity index (χ3n) is 4.06. The molecule has 0 saturated carbocycles. The minimum Gasteiger partial charge on any atom is -0.507 e. The Kier molecular flexibility index (Phi) is 6.30. The highest BCUT2D eigenvalue weighted by Gasteiger charge is 2.20. The van der Waals surface area contributed by atoms with Crippen molar-refractivity contribution in [3.8, 4) is 5.75 Å². The van der Waals surface area contributed by atoms with Crippen LogP contribution in [0.25, 0.3) is 10.1 Å². The van der Waals surface area contributed by atoms with E-state index in [0.717, 1.165) is 5.56 Å². The molecule has 28 heavy (non-hydrogen) atoms. The van der Waals surface area contributed by atoms with Gasteiger partial charge in [-0.2, -0.15) is 0 Å². The minimum absolute atomic E-state index is 0.0352. The number of benzene rings is 2. The second-order valence-corrected chi connectivity index (χ2v) is 7.93. The Morgan fingerprint density at radius 3 is 2.54 bits per heavy atom. The molecular weight excluding hydrogens is 446 g/mol. The summed E-state index contributed by atoms with van der Waals surface area (Å²) >= 11 is 4.39. The summed E-state index contributed by atoms with van der Waals surface area (Å²) in [6, 6.07) is 10.1. The van der Waals surface area contributed by atoms with Crippen molar-refractivity contribution in [1.82, 2.24) is 5.32 Å². The van der Waals surface area contributed by atoms with Gasteiger partial charge < -0.3 is 26.6 Å². The van der Waals surface area contributed by atoms with Crippen LogP contribution in [0.15, 0.2) is 40.9 Å². The van der Waals surface area contributed by atoms with Crippen molar-refractivity contribution in [2.75, 3.05) is 18.5 Å². The van der Waals surface area contributed by atoms with Crippen molar-refractivity contribution in [2.24, 2.45) is 5.73 Å². The molecule has 3 rings (SSSR count). The number of fused-ring (bicyclic) bond motifs is 1. The summed E-state index contributed by atoms with van der Waals surface area (Å²) in [7, 11) is 0. The zero-order valence-corrected chi connectivity index (χ0v) is 17.1. The molecule has 0 aliphatic rings. The summed E-state index contributed by atoms with van der Waals surface area (Å²) in [5.41, 5.74) is 7.14. The lowest BCUT2D eigenvalue weighted by Gasteiger charge is -2.07. The maximum Gasteiger partial charge on any atom is 0.256 e. The monoisotopic (exact) mass is 463 g/mol. The molecule has 0 aliphatic heterocycles. The van der Waals surface area contributed by atoms with E-state index in [0.29, 0.717) is 38.2 Å². The van der Waals surface area contributed by atoms with Crippen LogP contribution in [0.1, 0.15) is 26.3 Å². The molecule has 0 spiro atoms. The highest BCUT2D eigenvalue weighted by atomic mass is 79.9. The average molecular weight is 464 g/mol. The molecule has 0 fully saturated rings. The highest BCUT2D eigenvalue weighted by Crippen LogP contribution is 2.40. The van der Waals surface area contributed by atoms with Crippen molar-refractivity contribution in [3.63, 3.8) is 0 Å². The van der Waals surface area contributed by atoms with Gasteiger partial charge in [-0.15, -0.1) is 11.3 Å². The third kappa shape index (κ3) is 4.33. The molecule has 6 N–H and O–H groups in total.